The fourth-order valence-corrected chi connectivity index (χ4v) is 4.72. The van der Waals surface area contributed by atoms with E-state index in [9.17, 15) is 14.4 Å². The molecule has 2 aliphatic carbocycles. The zero-order valence-electron chi connectivity index (χ0n) is 19.8. The zero-order valence-corrected chi connectivity index (χ0v) is 19.8. The number of amides is 1. The van der Waals surface area contributed by atoms with Gasteiger partial charge in [0.1, 0.15) is 6.10 Å². The molecule has 11 heteroatoms. The molecule has 2 aliphatic rings. The van der Waals surface area contributed by atoms with Gasteiger partial charge >= 0.3 is 5.97 Å². The van der Waals surface area contributed by atoms with Crippen LogP contribution in [0.1, 0.15) is 84.6 Å². The standard InChI is InChI=1S/C23H31N7O4/c1-12-17-14(9-23(2,3)10-15(17)31)30(29-12)16-11-26-18(20(25)32)21(27-16)28-19(24)22(33)34-13-7-5-4-6-8-13/h11,13,19H,4-10,24H2,1-3H3,(H2,25,32)(H,27,28). The predicted molar refractivity (Wildman–Crippen MR) is 123 cm³/mol. The Labute approximate surface area is 197 Å². The van der Waals surface area contributed by atoms with Gasteiger partial charge in [-0.05, 0) is 44.4 Å². The highest BCUT2D eigenvalue weighted by atomic mass is 16.5. The van der Waals surface area contributed by atoms with Gasteiger partial charge in [-0.2, -0.15) is 5.10 Å². The molecular weight excluding hydrogens is 438 g/mol. The van der Waals surface area contributed by atoms with Gasteiger partial charge in [-0.25, -0.2) is 19.4 Å². The molecule has 0 radical (unpaired) electrons. The number of primary amides is 1. The van der Waals surface area contributed by atoms with Crippen molar-refractivity contribution in [3.63, 3.8) is 0 Å². The maximum Gasteiger partial charge on any atom is 0.343 e. The van der Waals surface area contributed by atoms with Gasteiger partial charge in [-0.1, -0.05) is 20.3 Å². The maximum absolute atomic E-state index is 12.7. The van der Waals surface area contributed by atoms with Gasteiger partial charge < -0.3 is 21.5 Å². The number of hydrogen-bond acceptors (Lipinski definition) is 9. The Balaban J connectivity index is 1.64. The molecule has 2 heterocycles. The van der Waals surface area contributed by atoms with Crippen molar-refractivity contribution in [1.29, 1.82) is 0 Å². The van der Waals surface area contributed by atoms with Crippen molar-refractivity contribution in [3.8, 4) is 5.82 Å². The molecule has 5 N–H and O–H groups in total. The molecule has 1 saturated carbocycles. The highest BCUT2D eigenvalue weighted by Crippen LogP contribution is 2.36. The van der Waals surface area contributed by atoms with Crippen molar-refractivity contribution in [2.45, 2.75) is 78.0 Å². The Morgan fingerprint density at radius 3 is 2.62 bits per heavy atom. The van der Waals surface area contributed by atoms with Crippen molar-refractivity contribution in [1.82, 2.24) is 19.7 Å². The summed E-state index contributed by atoms with van der Waals surface area (Å²) in [7, 11) is 0. The average Bonchev–Trinajstić information content (AvgIpc) is 3.09. The van der Waals surface area contributed by atoms with Crippen LogP contribution in [0.4, 0.5) is 5.82 Å². The third-order valence-corrected chi connectivity index (χ3v) is 6.31. The highest BCUT2D eigenvalue weighted by molar-refractivity contribution is 6.00. The minimum absolute atomic E-state index is 0.0301. The number of hydrogen-bond donors (Lipinski definition) is 3. The Kier molecular flexibility index (Phi) is 6.39. The summed E-state index contributed by atoms with van der Waals surface area (Å²) in [5.41, 5.74) is 13.0. The molecule has 0 spiro atoms. The van der Waals surface area contributed by atoms with Gasteiger partial charge in [0, 0.05) is 6.42 Å². The molecule has 34 heavy (non-hydrogen) atoms. The first-order valence-corrected chi connectivity index (χ1v) is 11.6. The highest BCUT2D eigenvalue weighted by Gasteiger charge is 2.36. The molecule has 0 bridgehead atoms. The molecule has 2 aromatic rings. The first-order chi connectivity index (χ1) is 16.1. The third kappa shape index (κ3) is 4.79. The number of ketones is 1. The summed E-state index contributed by atoms with van der Waals surface area (Å²) < 4.78 is 7.06. The van der Waals surface area contributed by atoms with E-state index in [4.69, 9.17) is 16.2 Å². The van der Waals surface area contributed by atoms with E-state index in [0.717, 1.165) is 37.8 Å². The molecule has 1 fully saturated rings. The number of Topliss-reactive ketones (excluding diaryl/α,β-unsaturated/α-hetero) is 1. The Morgan fingerprint density at radius 1 is 1.24 bits per heavy atom. The zero-order chi connectivity index (χ0) is 24.6. The number of aromatic nitrogens is 4. The van der Waals surface area contributed by atoms with Crippen molar-refractivity contribution in [2.75, 3.05) is 5.32 Å². The summed E-state index contributed by atoms with van der Waals surface area (Å²) in [6.07, 6.45) is 5.73. The van der Waals surface area contributed by atoms with Gasteiger partial charge in [-0.15, -0.1) is 0 Å². The largest absolute Gasteiger partial charge is 0.460 e. The fraction of sp³-hybridized carbons (Fsp3) is 0.565. The second-order valence-electron chi connectivity index (χ2n) is 9.87. The molecule has 0 aromatic carbocycles. The number of ether oxygens (including phenoxy) is 1. The van der Waals surface area contributed by atoms with E-state index in [0.29, 0.717) is 24.1 Å². The Hall–Kier alpha value is -3.34. The van der Waals surface area contributed by atoms with E-state index in [1.54, 1.807) is 11.6 Å². The lowest BCUT2D eigenvalue weighted by molar-refractivity contribution is -0.151. The number of carbonyl (C=O) groups is 3. The van der Waals surface area contributed by atoms with Crippen molar-refractivity contribution < 1.29 is 19.1 Å². The number of anilines is 1. The van der Waals surface area contributed by atoms with Crippen LogP contribution in [-0.4, -0.2) is 49.7 Å². The summed E-state index contributed by atoms with van der Waals surface area (Å²) in [4.78, 5) is 45.8. The van der Waals surface area contributed by atoms with Gasteiger partial charge in [0.25, 0.3) is 5.91 Å². The number of carbonyl (C=O) groups excluding carboxylic acids is 3. The summed E-state index contributed by atoms with van der Waals surface area (Å²) in [6.45, 7) is 5.81. The van der Waals surface area contributed by atoms with Crippen molar-refractivity contribution in [2.24, 2.45) is 16.9 Å². The van der Waals surface area contributed by atoms with E-state index in [2.05, 4.69) is 20.4 Å². The molecule has 0 aliphatic heterocycles. The van der Waals surface area contributed by atoms with E-state index in [1.165, 1.54) is 6.20 Å². The maximum atomic E-state index is 12.7. The number of nitrogens with one attached hydrogen (secondary N) is 1. The van der Waals surface area contributed by atoms with Gasteiger partial charge in [0.15, 0.2) is 29.3 Å². The number of rotatable bonds is 6. The summed E-state index contributed by atoms with van der Waals surface area (Å²) >= 11 is 0. The molecular formula is C23H31N7O4. The number of esters is 1. The Morgan fingerprint density at radius 2 is 1.94 bits per heavy atom. The minimum atomic E-state index is -1.27. The molecule has 4 rings (SSSR count). The average molecular weight is 470 g/mol. The topological polar surface area (TPSA) is 168 Å². The molecule has 1 atom stereocenters. The lowest BCUT2D eigenvalue weighted by Gasteiger charge is -2.29. The number of nitrogens with zero attached hydrogens (tertiary/aromatic N) is 4. The number of fused-ring (bicyclic) bond motifs is 1. The number of aryl methyl sites for hydroxylation is 1. The lowest BCUT2D eigenvalue weighted by atomic mass is 9.75. The van der Waals surface area contributed by atoms with Gasteiger partial charge in [0.2, 0.25) is 0 Å². The molecule has 182 valence electrons. The fourth-order valence-electron chi connectivity index (χ4n) is 4.72. The van der Waals surface area contributed by atoms with Crippen LogP contribution in [0.15, 0.2) is 6.20 Å². The molecule has 0 saturated heterocycles. The molecule has 2 aromatic heterocycles. The molecule has 1 amide bonds. The second kappa shape index (κ2) is 9.13. The predicted octanol–water partition coefficient (Wildman–Crippen LogP) is 1.80. The normalized spacial score (nSPS) is 18.8. The lowest BCUT2D eigenvalue weighted by Crippen LogP contribution is -2.42. The summed E-state index contributed by atoms with van der Waals surface area (Å²) in [5, 5.41) is 7.24. The Bertz CT molecular complexity index is 1130. The van der Waals surface area contributed by atoms with E-state index in [1.807, 2.05) is 13.8 Å². The van der Waals surface area contributed by atoms with Crippen LogP contribution in [0, 0.1) is 12.3 Å². The van der Waals surface area contributed by atoms with Crippen molar-refractivity contribution >= 4 is 23.5 Å². The van der Waals surface area contributed by atoms with Gasteiger partial charge in [0.05, 0.1) is 23.1 Å². The summed E-state index contributed by atoms with van der Waals surface area (Å²) in [5.74, 6) is -1.22. The number of nitrogens with two attached hydrogens (primary N) is 2. The van der Waals surface area contributed by atoms with Crippen LogP contribution in [0.5, 0.6) is 0 Å². The summed E-state index contributed by atoms with van der Waals surface area (Å²) in [6, 6.07) is 0. The quantitative estimate of drug-likeness (QED) is 0.422. The first kappa shape index (κ1) is 23.8. The van der Waals surface area contributed by atoms with Crippen molar-refractivity contribution in [3.05, 3.63) is 28.8 Å². The SMILES string of the molecule is Cc1nn(-c2cnc(C(N)=O)c(NC(N)C(=O)OC3CCCCC3)n2)c2c1C(=O)CC(C)(C)C2. The molecule has 1 unspecified atom stereocenters. The van der Waals surface area contributed by atoms with Crippen LogP contribution >= 0.6 is 0 Å². The minimum Gasteiger partial charge on any atom is -0.460 e. The van der Waals surface area contributed by atoms with Gasteiger partial charge in [-0.3, -0.25) is 9.59 Å². The molecule has 11 nitrogen and oxygen atoms in total. The first-order valence-electron chi connectivity index (χ1n) is 11.6. The van der Waals surface area contributed by atoms with E-state index in [-0.39, 0.29) is 34.6 Å². The smallest absolute Gasteiger partial charge is 0.343 e. The third-order valence-electron chi connectivity index (χ3n) is 6.31. The second-order valence-corrected chi connectivity index (χ2v) is 9.87. The van der Waals surface area contributed by atoms with Crippen LogP contribution in [-0.2, 0) is 16.0 Å². The van der Waals surface area contributed by atoms with Crippen LogP contribution in [0.25, 0.3) is 5.82 Å². The van der Waals surface area contributed by atoms with Crippen LogP contribution in [0.2, 0.25) is 0 Å². The van der Waals surface area contributed by atoms with E-state index < -0.39 is 18.0 Å². The monoisotopic (exact) mass is 469 g/mol. The van der Waals surface area contributed by atoms with E-state index >= 15 is 0 Å². The van der Waals surface area contributed by atoms with Crippen LogP contribution in [0.3, 0.4) is 0 Å². The van der Waals surface area contributed by atoms with Crippen LogP contribution < -0.4 is 16.8 Å².